The number of amides is 1. The van der Waals surface area contributed by atoms with Crippen LogP contribution in [0.3, 0.4) is 0 Å². The Hall–Kier alpha value is -1.64. The van der Waals surface area contributed by atoms with Crippen molar-refractivity contribution in [3.05, 3.63) is 23.8 Å². The summed E-state index contributed by atoms with van der Waals surface area (Å²) in [6.45, 7) is 2.42. The van der Waals surface area contributed by atoms with E-state index < -0.39 is 15.6 Å². The summed E-state index contributed by atoms with van der Waals surface area (Å²) in [6.07, 6.45) is 1.56. The zero-order valence-electron chi connectivity index (χ0n) is 12.0. The molecule has 1 aromatic rings. The first kappa shape index (κ1) is 15.7. The maximum atomic E-state index is 12.1. The molecule has 1 aromatic carbocycles. The predicted octanol–water partition coefficient (Wildman–Crippen LogP) is 0.423. The summed E-state index contributed by atoms with van der Waals surface area (Å²) < 4.78 is 30.0. The number of sulfonamides is 1. The monoisotopic (exact) mass is 313 g/mol. The molecule has 1 aliphatic heterocycles. The maximum Gasteiger partial charge on any atom is 0.246 e. The molecule has 0 aromatic heterocycles. The van der Waals surface area contributed by atoms with Gasteiger partial charge in [0.2, 0.25) is 15.9 Å². The zero-order chi connectivity index (χ0) is 15.7. The Kier molecular flexibility index (Phi) is 4.22. The van der Waals surface area contributed by atoms with E-state index in [1.54, 1.807) is 25.1 Å². The second-order valence-corrected chi connectivity index (χ2v) is 7.07. The van der Waals surface area contributed by atoms with Gasteiger partial charge < -0.3 is 15.8 Å². The van der Waals surface area contributed by atoms with Crippen molar-refractivity contribution in [3.63, 3.8) is 0 Å². The number of aryl methyl sites for hydroxylation is 1. The van der Waals surface area contributed by atoms with E-state index in [0.717, 1.165) is 6.26 Å². The average Bonchev–Trinajstić information content (AvgIpc) is 2.80. The van der Waals surface area contributed by atoms with Crippen molar-refractivity contribution in [1.29, 1.82) is 0 Å². The van der Waals surface area contributed by atoms with Crippen LogP contribution in [0.15, 0.2) is 18.2 Å². The van der Waals surface area contributed by atoms with Gasteiger partial charge in [0.15, 0.2) is 0 Å². The van der Waals surface area contributed by atoms with E-state index in [2.05, 4.69) is 10.0 Å². The van der Waals surface area contributed by atoms with Crippen molar-refractivity contribution in [3.8, 4) is 0 Å². The van der Waals surface area contributed by atoms with Crippen LogP contribution in [0.1, 0.15) is 12.0 Å². The van der Waals surface area contributed by atoms with Crippen LogP contribution in [0, 0.1) is 6.92 Å². The molecule has 2 rings (SSSR count). The van der Waals surface area contributed by atoms with Crippen molar-refractivity contribution < 1.29 is 17.9 Å². The van der Waals surface area contributed by atoms with E-state index in [9.17, 15) is 13.2 Å². The van der Waals surface area contributed by atoms with Gasteiger partial charge in [0.1, 0.15) is 5.54 Å². The third-order valence-electron chi connectivity index (χ3n) is 3.28. The molecule has 1 aliphatic rings. The first-order valence-electron chi connectivity index (χ1n) is 6.46. The van der Waals surface area contributed by atoms with E-state index in [1.165, 1.54) is 0 Å². The molecule has 116 valence electrons. The Morgan fingerprint density at radius 2 is 2.14 bits per heavy atom. The number of ether oxygens (including phenoxy) is 1. The van der Waals surface area contributed by atoms with Gasteiger partial charge in [-0.15, -0.1) is 0 Å². The fourth-order valence-corrected chi connectivity index (χ4v) is 2.70. The molecule has 0 bridgehead atoms. The number of nitrogens with one attached hydrogen (secondary N) is 2. The van der Waals surface area contributed by atoms with Gasteiger partial charge in [0.05, 0.1) is 18.6 Å². The third kappa shape index (κ3) is 3.93. The van der Waals surface area contributed by atoms with E-state index >= 15 is 0 Å². The zero-order valence-corrected chi connectivity index (χ0v) is 12.8. The first-order chi connectivity index (χ1) is 9.70. The molecule has 1 saturated heterocycles. The van der Waals surface area contributed by atoms with Crippen LogP contribution in [-0.2, 0) is 19.6 Å². The highest BCUT2D eigenvalue weighted by Gasteiger charge is 2.38. The van der Waals surface area contributed by atoms with Gasteiger partial charge in [-0.3, -0.25) is 9.52 Å². The lowest BCUT2D eigenvalue weighted by molar-refractivity contribution is -0.121. The number of benzene rings is 1. The van der Waals surface area contributed by atoms with Crippen LogP contribution in [0.5, 0.6) is 0 Å². The Morgan fingerprint density at radius 3 is 2.67 bits per heavy atom. The quantitative estimate of drug-likeness (QED) is 0.746. The third-order valence-corrected chi connectivity index (χ3v) is 3.87. The molecular formula is C13H19N3O4S. The molecule has 1 amide bonds. The summed E-state index contributed by atoms with van der Waals surface area (Å²) in [5.74, 6) is -0.303. The Labute approximate surface area is 123 Å². The predicted molar refractivity (Wildman–Crippen MR) is 80.6 cm³/mol. The number of hydrogen-bond acceptors (Lipinski definition) is 5. The van der Waals surface area contributed by atoms with Crippen LogP contribution in [0.25, 0.3) is 0 Å². The van der Waals surface area contributed by atoms with Gasteiger partial charge in [-0.25, -0.2) is 8.42 Å². The summed E-state index contributed by atoms with van der Waals surface area (Å²) in [5, 5.41) is 2.73. The van der Waals surface area contributed by atoms with Gasteiger partial charge in [-0.1, -0.05) is 0 Å². The summed E-state index contributed by atoms with van der Waals surface area (Å²) in [5.41, 5.74) is 6.71. The Bertz CT molecular complexity index is 651. The van der Waals surface area contributed by atoms with Crippen molar-refractivity contribution >= 4 is 27.3 Å². The molecular weight excluding hydrogens is 294 g/mol. The van der Waals surface area contributed by atoms with Crippen LogP contribution in [0.2, 0.25) is 0 Å². The number of carbonyl (C=O) groups excluding carboxylic acids is 1. The Morgan fingerprint density at radius 1 is 1.43 bits per heavy atom. The molecule has 21 heavy (non-hydrogen) atoms. The van der Waals surface area contributed by atoms with Gasteiger partial charge in [0, 0.05) is 12.3 Å². The molecule has 1 fully saturated rings. The minimum absolute atomic E-state index is 0.200. The molecule has 1 atom stereocenters. The highest BCUT2D eigenvalue weighted by Crippen LogP contribution is 2.23. The summed E-state index contributed by atoms with van der Waals surface area (Å²) in [4.78, 5) is 12.1. The molecule has 1 unspecified atom stereocenters. The minimum atomic E-state index is -3.33. The standard InChI is InChI=1S/C13H19N3O4S/c1-9-7-10(3-4-11(9)16-21(2,18)19)15-12(17)13(14)5-6-20-8-13/h3-4,7,16H,5-6,8,14H2,1-2H3,(H,15,17). The summed E-state index contributed by atoms with van der Waals surface area (Å²) in [7, 11) is -3.33. The number of carbonyl (C=O) groups is 1. The van der Waals surface area contributed by atoms with Gasteiger partial charge in [-0.05, 0) is 37.1 Å². The van der Waals surface area contributed by atoms with Crippen molar-refractivity contribution in [1.82, 2.24) is 0 Å². The lowest BCUT2D eigenvalue weighted by Gasteiger charge is -2.21. The fourth-order valence-electron chi connectivity index (χ4n) is 2.07. The summed E-state index contributed by atoms with van der Waals surface area (Å²) >= 11 is 0. The fraction of sp³-hybridized carbons (Fsp3) is 0.462. The molecule has 4 N–H and O–H groups in total. The van der Waals surface area contributed by atoms with Crippen molar-refractivity contribution in [2.24, 2.45) is 5.73 Å². The number of hydrogen-bond donors (Lipinski definition) is 3. The maximum absolute atomic E-state index is 12.1. The number of rotatable bonds is 4. The summed E-state index contributed by atoms with van der Waals surface area (Å²) in [6, 6.07) is 4.91. The van der Waals surface area contributed by atoms with E-state index in [0.29, 0.717) is 30.0 Å². The normalized spacial score (nSPS) is 22.0. The van der Waals surface area contributed by atoms with Crippen molar-refractivity contribution in [2.75, 3.05) is 29.5 Å². The molecule has 8 heteroatoms. The Balaban J connectivity index is 2.12. The van der Waals surface area contributed by atoms with E-state index in [1.807, 2.05) is 0 Å². The van der Waals surface area contributed by atoms with Gasteiger partial charge >= 0.3 is 0 Å². The molecule has 1 heterocycles. The lowest BCUT2D eigenvalue weighted by atomic mass is 9.99. The molecule has 0 spiro atoms. The molecule has 0 saturated carbocycles. The van der Waals surface area contributed by atoms with Crippen LogP contribution >= 0.6 is 0 Å². The molecule has 0 aliphatic carbocycles. The second kappa shape index (κ2) is 5.63. The van der Waals surface area contributed by atoms with Crippen LogP contribution in [0.4, 0.5) is 11.4 Å². The second-order valence-electron chi connectivity index (χ2n) is 5.32. The number of nitrogens with two attached hydrogens (primary N) is 1. The minimum Gasteiger partial charge on any atom is -0.379 e. The van der Waals surface area contributed by atoms with Gasteiger partial charge in [-0.2, -0.15) is 0 Å². The highest BCUT2D eigenvalue weighted by molar-refractivity contribution is 7.92. The van der Waals surface area contributed by atoms with Crippen LogP contribution < -0.4 is 15.8 Å². The van der Waals surface area contributed by atoms with Crippen molar-refractivity contribution in [2.45, 2.75) is 18.9 Å². The largest absolute Gasteiger partial charge is 0.379 e. The van der Waals surface area contributed by atoms with E-state index in [-0.39, 0.29) is 12.5 Å². The number of anilines is 2. The average molecular weight is 313 g/mol. The smallest absolute Gasteiger partial charge is 0.246 e. The topological polar surface area (TPSA) is 111 Å². The van der Waals surface area contributed by atoms with E-state index in [4.69, 9.17) is 10.5 Å². The lowest BCUT2D eigenvalue weighted by Crippen LogP contribution is -2.51. The van der Waals surface area contributed by atoms with Gasteiger partial charge in [0.25, 0.3) is 0 Å². The SMILES string of the molecule is Cc1cc(NC(=O)C2(N)CCOC2)ccc1NS(C)(=O)=O. The van der Waals surface area contributed by atoms with Crippen LogP contribution in [-0.4, -0.2) is 39.3 Å². The molecule has 7 nitrogen and oxygen atoms in total. The highest BCUT2D eigenvalue weighted by atomic mass is 32.2. The molecule has 0 radical (unpaired) electrons. The first-order valence-corrected chi connectivity index (χ1v) is 8.35.